The van der Waals surface area contributed by atoms with E-state index in [0.29, 0.717) is 49.3 Å². The average molecular weight is 324 g/mol. The van der Waals surface area contributed by atoms with Crippen LogP contribution in [0.15, 0.2) is 47.3 Å². The molecule has 1 aliphatic heterocycles. The molecule has 0 atom stereocenters. The van der Waals surface area contributed by atoms with E-state index in [2.05, 4.69) is 25.1 Å². The molecular formula is C16H16N6O2. The predicted molar refractivity (Wildman–Crippen MR) is 86.4 cm³/mol. The van der Waals surface area contributed by atoms with Crippen molar-refractivity contribution >= 4 is 11.9 Å². The summed E-state index contributed by atoms with van der Waals surface area (Å²) in [7, 11) is 0. The lowest BCUT2D eigenvalue weighted by atomic mass is 10.2. The molecular weight excluding hydrogens is 308 g/mol. The molecule has 0 spiro atoms. The third-order valence-corrected chi connectivity index (χ3v) is 3.99. The summed E-state index contributed by atoms with van der Waals surface area (Å²) in [5.41, 5.74) is 1.09. The van der Waals surface area contributed by atoms with E-state index < -0.39 is 0 Å². The first-order valence-electron chi connectivity index (χ1n) is 7.72. The Morgan fingerprint density at radius 3 is 2.62 bits per heavy atom. The summed E-state index contributed by atoms with van der Waals surface area (Å²) in [6, 6.07) is 7.12. The molecule has 8 heteroatoms. The van der Waals surface area contributed by atoms with Gasteiger partial charge in [-0.1, -0.05) is 0 Å². The van der Waals surface area contributed by atoms with E-state index in [-0.39, 0.29) is 5.91 Å². The predicted octanol–water partition coefficient (Wildman–Crippen LogP) is 1.42. The Labute approximate surface area is 138 Å². The van der Waals surface area contributed by atoms with Gasteiger partial charge in [-0.3, -0.25) is 9.89 Å². The van der Waals surface area contributed by atoms with E-state index in [9.17, 15) is 4.79 Å². The minimum Gasteiger partial charge on any atom is -0.463 e. The van der Waals surface area contributed by atoms with Crippen molar-refractivity contribution in [2.75, 3.05) is 31.1 Å². The zero-order valence-corrected chi connectivity index (χ0v) is 12.9. The number of hydrogen-bond acceptors (Lipinski definition) is 6. The van der Waals surface area contributed by atoms with Crippen molar-refractivity contribution in [3.05, 3.63) is 48.6 Å². The van der Waals surface area contributed by atoms with E-state index in [1.165, 1.54) is 0 Å². The molecule has 0 aliphatic carbocycles. The first kappa shape index (κ1) is 14.4. The lowest BCUT2D eigenvalue weighted by Gasteiger charge is -2.34. The molecule has 1 saturated heterocycles. The molecule has 0 unspecified atom stereocenters. The molecule has 1 amide bonds. The number of hydrogen-bond donors (Lipinski definition) is 1. The highest BCUT2D eigenvalue weighted by molar-refractivity contribution is 5.93. The molecule has 122 valence electrons. The summed E-state index contributed by atoms with van der Waals surface area (Å²) < 4.78 is 5.30. The highest BCUT2D eigenvalue weighted by atomic mass is 16.3. The number of amides is 1. The molecule has 1 aliphatic rings. The molecule has 8 nitrogen and oxygen atoms in total. The molecule has 4 heterocycles. The van der Waals surface area contributed by atoms with Gasteiger partial charge >= 0.3 is 0 Å². The first-order chi connectivity index (χ1) is 11.8. The van der Waals surface area contributed by atoms with E-state index in [0.717, 1.165) is 0 Å². The van der Waals surface area contributed by atoms with Crippen molar-refractivity contribution in [2.24, 2.45) is 0 Å². The second kappa shape index (κ2) is 6.15. The van der Waals surface area contributed by atoms with Crippen LogP contribution in [0.4, 0.5) is 5.95 Å². The van der Waals surface area contributed by atoms with Crippen molar-refractivity contribution in [1.82, 2.24) is 25.1 Å². The Bertz CT molecular complexity index is 806. The number of rotatable bonds is 3. The topological polar surface area (TPSA) is 91.2 Å². The lowest BCUT2D eigenvalue weighted by molar-refractivity contribution is 0.0740. The number of H-pyrrole nitrogens is 1. The molecule has 1 N–H and O–H groups in total. The fraction of sp³-hybridized carbons (Fsp3) is 0.250. The van der Waals surface area contributed by atoms with Crippen molar-refractivity contribution in [3.8, 4) is 11.5 Å². The van der Waals surface area contributed by atoms with Gasteiger partial charge in [0, 0.05) is 44.6 Å². The summed E-state index contributed by atoms with van der Waals surface area (Å²) in [4.78, 5) is 24.9. The van der Waals surface area contributed by atoms with Gasteiger partial charge in [-0.25, -0.2) is 9.97 Å². The third-order valence-electron chi connectivity index (χ3n) is 3.99. The van der Waals surface area contributed by atoms with Crippen LogP contribution in [-0.4, -0.2) is 57.2 Å². The van der Waals surface area contributed by atoms with Crippen LogP contribution >= 0.6 is 0 Å². The summed E-state index contributed by atoms with van der Waals surface area (Å²) >= 11 is 0. The van der Waals surface area contributed by atoms with Crippen LogP contribution in [0.2, 0.25) is 0 Å². The molecule has 1 fully saturated rings. The molecule has 4 rings (SSSR count). The monoisotopic (exact) mass is 324 g/mol. The number of nitrogens with zero attached hydrogens (tertiary/aromatic N) is 5. The first-order valence-corrected chi connectivity index (χ1v) is 7.72. The van der Waals surface area contributed by atoms with Gasteiger partial charge in [-0.05, 0) is 18.2 Å². The van der Waals surface area contributed by atoms with Crippen LogP contribution < -0.4 is 4.90 Å². The van der Waals surface area contributed by atoms with Gasteiger partial charge in [0.25, 0.3) is 5.91 Å². The molecule has 3 aromatic heterocycles. The standard InChI is InChI=1S/C16H16N6O2/c23-15(13-11-12(19-20-13)14-3-1-10-24-14)21-6-8-22(9-7-21)16-17-4-2-5-18-16/h1-5,10-11H,6-9H2,(H,19,20). The molecule has 0 radical (unpaired) electrons. The van der Waals surface area contributed by atoms with Crippen LogP contribution in [-0.2, 0) is 0 Å². The maximum absolute atomic E-state index is 12.6. The molecule has 24 heavy (non-hydrogen) atoms. The van der Waals surface area contributed by atoms with Gasteiger partial charge in [-0.2, -0.15) is 5.10 Å². The van der Waals surface area contributed by atoms with E-state index >= 15 is 0 Å². The Morgan fingerprint density at radius 1 is 1.12 bits per heavy atom. The minimum atomic E-state index is -0.0855. The smallest absolute Gasteiger partial charge is 0.274 e. The molecule has 0 saturated carbocycles. The van der Waals surface area contributed by atoms with Crippen molar-refractivity contribution in [1.29, 1.82) is 0 Å². The van der Waals surface area contributed by atoms with Gasteiger partial charge in [-0.15, -0.1) is 0 Å². The normalized spacial score (nSPS) is 14.8. The highest BCUT2D eigenvalue weighted by Gasteiger charge is 2.25. The molecule has 0 bridgehead atoms. The quantitative estimate of drug-likeness (QED) is 0.783. The van der Waals surface area contributed by atoms with E-state index in [4.69, 9.17) is 4.42 Å². The van der Waals surface area contributed by atoms with Crippen LogP contribution in [0, 0.1) is 0 Å². The maximum Gasteiger partial charge on any atom is 0.274 e. The van der Waals surface area contributed by atoms with Crippen molar-refractivity contribution < 1.29 is 9.21 Å². The number of nitrogens with one attached hydrogen (secondary N) is 1. The summed E-state index contributed by atoms with van der Waals surface area (Å²) in [6.45, 7) is 2.62. The van der Waals surface area contributed by atoms with Gasteiger partial charge in [0.15, 0.2) is 11.5 Å². The number of piperazine rings is 1. The third kappa shape index (κ3) is 2.73. The van der Waals surface area contributed by atoms with E-state index in [1.807, 2.05) is 6.07 Å². The second-order valence-electron chi connectivity index (χ2n) is 5.47. The summed E-state index contributed by atoms with van der Waals surface area (Å²) in [5.74, 6) is 1.27. The van der Waals surface area contributed by atoms with Crippen LogP contribution in [0.1, 0.15) is 10.5 Å². The van der Waals surface area contributed by atoms with Crippen molar-refractivity contribution in [3.63, 3.8) is 0 Å². The minimum absolute atomic E-state index is 0.0855. The van der Waals surface area contributed by atoms with Gasteiger partial charge < -0.3 is 14.2 Å². The molecule has 0 aromatic carbocycles. The number of furan rings is 1. The molecule has 3 aromatic rings. The zero-order chi connectivity index (χ0) is 16.4. The average Bonchev–Trinajstić information content (AvgIpc) is 3.33. The van der Waals surface area contributed by atoms with Crippen LogP contribution in [0.3, 0.4) is 0 Å². The number of aromatic amines is 1. The van der Waals surface area contributed by atoms with E-state index in [1.54, 1.807) is 41.8 Å². The van der Waals surface area contributed by atoms with Crippen LogP contribution in [0.25, 0.3) is 11.5 Å². The Balaban J connectivity index is 1.41. The summed E-state index contributed by atoms with van der Waals surface area (Å²) in [6.07, 6.45) is 5.03. The fourth-order valence-corrected chi connectivity index (χ4v) is 2.72. The Hall–Kier alpha value is -3.16. The van der Waals surface area contributed by atoms with Gasteiger partial charge in [0.2, 0.25) is 5.95 Å². The number of carbonyl (C=O) groups excluding carboxylic acids is 1. The Morgan fingerprint density at radius 2 is 1.92 bits per heavy atom. The summed E-state index contributed by atoms with van der Waals surface area (Å²) in [5, 5.41) is 6.95. The lowest BCUT2D eigenvalue weighted by Crippen LogP contribution is -2.49. The van der Waals surface area contributed by atoms with Gasteiger partial charge in [0.1, 0.15) is 5.69 Å². The van der Waals surface area contributed by atoms with Gasteiger partial charge in [0.05, 0.1) is 6.26 Å². The van der Waals surface area contributed by atoms with Crippen LogP contribution in [0.5, 0.6) is 0 Å². The second-order valence-corrected chi connectivity index (χ2v) is 5.47. The number of carbonyl (C=O) groups is 1. The Kier molecular flexibility index (Phi) is 3.70. The fourth-order valence-electron chi connectivity index (χ4n) is 2.72. The largest absolute Gasteiger partial charge is 0.463 e. The van der Waals surface area contributed by atoms with Crippen molar-refractivity contribution in [2.45, 2.75) is 0 Å². The highest BCUT2D eigenvalue weighted by Crippen LogP contribution is 2.19. The zero-order valence-electron chi connectivity index (χ0n) is 12.9. The SMILES string of the molecule is O=C(c1cc(-c2ccco2)[nH]n1)N1CCN(c2ncccn2)CC1. The number of anilines is 1. The maximum atomic E-state index is 12.6. The number of aromatic nitrogens is 4.